The smallest absolute Gasteiger partial charge is 0.131 e. The molecule has 1 aromatic heterocycles. The van der Waals surface area contributed by atoms with Crippen molar-refractivity contribution in [3.63, 3.8) is 0 Å². The Balaban J connectivity index is 2.01. The minimum absolute atomic E-state index is 0.637. The quantitative estimate of drug-likeness (QED) is 0.785. The summed E-state index contributed by atoms with van der Waals surface area (Å²) in [6.45, 7) is 8.56. The van der Waals surface area contributed by atoms with Crippen LogP contribution in [0, 0.1) is 13.8 Å². The molecule has 1 saturated carbocycles. The maximum absolute atomic E-state index is 4.72. The largest absolute Gasteiger partial charge is 0.317 e. The van der Waals surface area contributed by atoms with Gasteiger partial charge in [-0.25, -0.2) is 9.97 Å². The van der Waals surface area contributed by atoms with Gasteiger partial charge in [-0.15, -0.1) is 0 Å². The first kappa shape index (κ1) is 13.5. The first-order chi connectivity index (χ1) is 8.72. The van der Waals surface area contributed by atoms with Gasteiger partial charge in [0.2, 0.25) is 0 Å². The molecule has 100 valence electrons. The van der Waals surface area contributed by atoms with E-state index < -0.39 is 0 Å². The van der Waals surface area contributed by atoms with Crippen LogP contribution in [0.2, 0.25) is 0 Å². The van der Waals surface area contributed by atoms with Crippen molar-refractivity contribution in [2.45, 2.75) is 58.8 Å². The van der Waals surface area contributed by atoms with Crippen molar-refractivity contribution in [3.8, 4) is 0 Å². The summed E-state index contributed by atoms with van der Waals surface area (Å²) in [5.74, 6) is 1.73. The molecule has 0 aromatic carbocycles. The molecule has 0 radical (unpaired) electrons. The van der Waals surface area contributed by atoms with E-state index in [1.54, 1.807) is 0 Å². The maximum Gasteiger partial charge on any atom is 0.131 e. The second-order valence-electron chi connectivity index (χ2n) is 5.32. The maximum atomic E-state index is 4.72. The summed E-state index contributed by atoms with van der Waals surface area (Å²) in [6.07, 6.45) is 6.16. The van der Waals surface area contributed by atoms with Gasteiger partial charge in [-0.1, -0.05) is 13.3 Å². The molecule has 1 aromatic rings. The van der Waals surface area contributed by atoms with Crippen LogP contribution in [0.3, 0.4) is 0 Å². The van der Waals surface area contributed by atoms with Gasteiger partial charge >= 0.3 is 0 Å². The molecule has 1 heterocycles. The molecule has 0 saturated heterocycles. The van der Waals surface area contributed by atoms with Crippen molar-refractivity contribution >= 4 is 0 Å². The fraction of sp³-hybridized carbons (Fsp3) is 0.733. The van der Waals surface area contributed by atoms with E-state index in [1.165, 1.54) is 42.6 Å². The first-order valence-corrected chi connectivity index (χ1v) is 7.27. The fourth-order valence-electron chi connectivity index (χ4n) is 2.54. The Morgan fingerprint density at radius 1 is 1.17 bits per heavy atom. The zero-order valence-corrected chi connectivity index (χ0v) is 11.9. The lowest BCUT2D eigenvalue weighted by Crippen LogP contribution is -2.17. The standard InChI is InChI=1S/C15H25N3/c1-4-16-10-6-9-14-11(2)17-15(18-12(14)3)13-7-5-8-13/h13,16H,4-10H2,1-3H3. The van der Waals surface area contributed by atoms with Crippen LogP contribution in [0.15, 0.2) is 0 Å². The van der Waals surface area contributed by atoms with E-state index in [4.69, 9.17) is 9.97 Å². The molecule has 1 fully saturated rings. The number of aryl methyl sites for hydroxylation is 2. The molecule has 1 N–H and O–H groups in total. The average molecular weight is 247 g/mol. The summed E-state index contributed by atoms with van der Waals surface area (Å²) in [5.41, 5.74) is 3.75. The van der Waals surface area contributed by atoms with E-state index in [9.17, 15) is 0 Å². The third kappa shape index (κ3) is 3.08. The van der Waals surface area contributed by atoms with Crippen LogP contribution < -0.4 is 5.32 Å². The Morgan fingerprint density at radius 3 is 2.33 bits per heavy atom. The molecule has 3 nitrogen and oxygen atoms in total. The second-order valence-corrected chi connectivity index (χ2v) is 5.32. The number of hydrogen-bond acceptors (Lipinski definition) is 3. The highest BCUT2D eigenvalue weighted by molar-refractivity contribution is 5.25. The van der Waals surface area contributed by atoms with Crippen LogP contribution in [-0.2, 0) is 6.42 Å². The van der Waals surface area contributed by atoms with Crippen LogP contribution in [0.4, 0.5) is 0 Å². The second kappa shape index (κ2) is 6.28. The Bertz CT molecular complexity index is 374. The summed E-state index contributed by atoms with van der Waals surface area (Å²) in [5, 5.41) is 3.36. The highest BCUT2D eigenvalue weighted by Crippen LogP contribution is 2.34. The van der Waals surface area contributed by atoms with Gasteiger partial charge in [-0.05, 0) is 58.2 Å². The SMILES string of the molecule is CCNCCCc1c(C)nc(C2CCC2)nc1C. The Labute approximate surface area is 110 Å². The van der Waals surface area contributed by atoms with Gasteiger partial charge in [0.25, 0.3) is 0 Å². The zero-order chi connectivity index (χ0) is 13.0. The predicted octanol–water partition coefficient (Wildman–Crippen LogP) is 2.90. The lowest BCUT2D eigenvalue weighted by atomic mass is 9.84. The molecule has 0 unspecified atom stereocenters. The highest BCUT2D eigenvalue weighted by Gasteiger charge is 2.23. The number of hydrogen-bond donors (Lipinski definition) is 1. The Hall–Kier alpha value is -0.960. The van der Waals surface area contributed by atoms with Gasteiger partial charge < -0.3 is 5.32 Å². The summed E-state index contributed by atoms with van der Waals surface area (Å²) in [4.78, 5) is 9.45. The van der Waals surface area contributed by atoms with Crippen molar-refractivity contribution < 1.29 is 0 Å². The van der Waals surface area contributed by atoms with Crippen molar-refractivity contribution in [3.05, 3.63) is 22.8 Å². The van der Waals surface area contributed by atoms with Crippen molar-refractivity contribution in [2.24, 2.45) is 0 Å². The van der Waals surface area contributed by atoms with Crippen LogP contribution in [-0.4, -0.2) is 23.1 Å². The van der Waals surface area contributed by atoms with Crippen molar-refractivity contribution in [1.82, 2.24) is 15.3 Å². The van der Waals surface area contributed by atoms with Gasteiger partial charge in [-0.3, -0.25) is 0 Å². The molecule has 0 spiro atoms. The molecule has 3 heteroatoms. The van der Waals surface area contributed by atoms with E-state index in [0.717, 1.165) is 25.3 Å². The Morgan fingerprint density at radius 2 is 1.83 bits per heavy atom. The number of nitrogens with one attached hydrogen (secondary N) is 1. The molecule has 0 amide bonds. The highest BCUT2D eigenvalue weighted by atomic mass is 14.9. The minimum atomic E-state index is 0.637. The molecule has 18 heavy (non-hydrogen) atoms. The first-order valence-electron chi connectivity index (χ1n) is 7.27. The number of nitrogens with zero attached hydrogens (tertiary/aromatic N) is 2. The van der Waals surface area contributed by atoms with Gasteiger partial charge in [0, 0.05) is 17.3 Å². The Kier molecular flexibility index (Phi) is 4.70. The monoisotopic (exact) mass is 247 g/mol. The predicted molar refractivity (Wildman–Crippen MR) is 75.0 cm³/mol. The van der Waals surface area contributed by atoms with Gasteiger partial charge in [0.15, 0.2) is 0 Å². The number of aromatic nitrogens is 2. The molecule has 2 rings (SSSR count). The van der Waals surface area contributed by atoms with Crippen molar-refractivity contribution in [1.29, 1.82) is 0 Å². The summed E-state index contributed by atoms with van der Waals surface area (Å²) >= 11 is 0. The topological polar surface area (TPSA) is 37.8 Å². The zero-order valence-electron chi connectivity index (χ0n) is 11.9. The average Bonchev–Trinajstić information content (AvgIpc) is 2.24. The molecule has 1 aliphatic rings. The third-order valence-corrected chi connectivity index (χ3v) is 3.94. The van der Waals surface area contributed by atoms with Gasteiger partial charge in [0.1, 0.15) is 5.82 Å². The summed E-state index contributed by atoms with van der Waals surface area (Å²) in [7, 11) is 0. The molecule has 0 bridgehead atoms. The van der Waals surface area contributed by atoms with E-state index in [-0.39, 0.29) is 0 Å². The molecule has 0 atom stereocenters. The van der Waals surface area contributed by atoms with E-state index in [2.05, 4.69) is 26.1 Å². The minimum Gasteiger partial charge on any atom is -0.317 e. The normalized spacial score (nSPS) is 15.7. The van der Waals surface area contributed by atoms with Crippen LogP contribution >= 0.6 is 0 Å². The summed E-state index contributed by atoms with van der Waals surface area (Å²) < 4.78 is 0. The van der Waals surface area contributed by atoms with Crippen molar-refractivity contribution in [2.75, 3.05) is 13.1 Å². The molecular weight excluding hydrogens is 222 g/mol. The van der Waals surface area contributed by atoms with Gasteiger partial charge in [-0.2, -0.15) is 0 Å². The lowest BCUT2D eigenvalue weighted by Gasteiger charge is -2.25. The van der Waals surface area contributed by atoms with E-state index in [0.29, 0.717) is 5.92 Å². The lowest BCUT2D eigenvalue weighted by molar-refractivity contribution is 0.399. The van der Waals surface area contributed by atoms with Crippen LogP contribution in [0.5, 0.6) is 0 Å². The van der Waals surface area contributed by atoms with Crippen LogP contribution in [0.1, 0.15) is 61.3 Å². The van der Waals surface area contributed by atoms with Crippen LogP contribution in [0.25, 0.3) is 0 Å². The molecule has 1 aliphatic carbocycles. The molecular formula is C15H25N3. The number of rotatable bonds is 6. The fourth-order valence-corrected chi connectivity index (χ4v) is 2.54. The third-order valence-electron chi connectivity index (χ3n) is 3.94. The van der Waals surface area contributed by atoms with E-state index in [1.807, 2.05) is 0 Å². The molecule has 0 aliphatic heterocycles. The van der Waals surface area contributed by atoms with Gasteiger partial charge in [0.05, 0.1) is 0 Å². The van der Waals surface area contributed by atoms with E-state index >= 15 is 0 Å². The summed E-state index contributed by atoms with van der Waals surface area (Å²) in [6, 6.07) is 0.